The first-order valence-electron chi connectivity index (χ1n) is 7.63. The van der Waals surface area contributed by atoms with E-state index < -0.39 is 0 Å². The van der Waals surface area contributed by atoms with E-state index in [1.54, 1.807) is 4.68 Å². The molecule has 0 radical (unpaired) electrons. The first kappa shape index (κ1) is 15.2. The number of aromatic nitrogens is 3. The molecule has 0 spiro atoms. The van der Waals surface area contributed by atoms with E-state index >= 15 is 0 Å². The van der Waals surface area contributed by atoms with E-state index in [0.29, 0.717) is 18.7 Å². The average Bonchev–Trinajstić information content (AvgIpc) is 2.99. The molecule has 0 amide bonds. The van der Waals surface area contributed by atoms with Crippen molar-refractivity contribution >= 4 is 0 Å². The lowest BCUT2D eigenvalue weighted by Gasteiger charge is -2.09. The van der Waals surface area contributed by atoms with Gasteiger partial charge in [0.1, 0.15) is 11.4 Å². The van der Waals surface area contributed by atoms with Crippen LogP contribution in [0.4, 0.5) is 0 Å². The highest BCUT2D eigenvalue weighted by atomic mass is 16.5. The SMILES string of the molecule is CCOc1ccc(-n2nnc(CO)c2Cc2ccccc2)cc1. The Morgan fingerprint density at radius 3 is 2.43 bits per heavy atom. The third-order valence-corrected chi connectivity index (χ3v) is 3.60. The summed E-state index contributed by atoms with van der Waals surface area (Å²) in [6.45, 7) is 2.46. The number of aliphatic hydroxyl groups is 1. The highest BCUT2D eigenvalue weighted by molar-refractivity contribution is 5.39. The number of rotatable bonds is 6. The fourth-order valence-corrected chi connectivity index (χ4v) is 2.48. The second-order valence-corrected chi connectivity index (χ2v) is 5.14. The van der Waals surface area contributed by atoms with Crippen molar-refractivity contribution in [1.82, 2.24) is 15.0 Å². The summed E-state index contributed by atoms with van der Waals surface area (Å²) in [7, 11) is 0. The largest absolute Gasteiger partial charge is 0.494 e. The molecule has 2 aromatic carbocycles. The predicted molar refractivity (Wildman–Crippen MR) is 87.7 cm³/mol. The van der Waals surface area contributed by atoms with Gasteiger partial charge in [-0.05, 0) is 36.8 Å². The molecule has 0 bridgehead atoms. The summed E-state index contributed by atoms with van der Waals surface area (Å²) in [4.78, 5) is 0. The minimum atomic E-state index is -0.126. The van der Waals surface area contributed by atoms with Gasteiger partial charge < -0.3 is 9.84 Å². The highest BCUT2D eigenvalue weighted by Gasteiger charge is 2.14. The zero-order valence-corrected chi connectivity index (χ0v) is 13.0. The van der Waals surface area contributed by atoms with Gasteiger partial charge in [0, 0.05) is 6.42 Å². The van der Waals surface area contributed by atoms with Crippen LogP contribution in [0.25, 0.3) is 5.69 Å². The highest BCUT2D eigenvalue weighted by Crippen LogP contribution is 2.20. The lowest BCUT2D eigenvalue weighted by Crippen LogP contribution is -2.05. The predicted octanol–water partition coefficient (Wildman–Crippen LogP) is 2.75. The van der Waals surface area contributed by atoms with Crippen molar-refractivity contribution in [3.8, 4) is 11.4 Å². The fourth-order valence-electron chi connectivity index (χ4n) is 2.48. The van der Waals surface area contributed by atoms with Crippen LogP contribution in [0.3, 0.4) is 0 Å². The Morgan fingerprint density at radius 2 is 1.78 bits per heavy atom. The number of benzene rings is 2. The van der Waals surface area contributed by atoms with E-state index in [-0.39, 0.29) is 6.61 Å². The van der Waals surface area contributed by atoms with Crippen LogP contribution in [0.1, 0.15) is 23.9 Å². The van der Waals surface area contributed by atoms with Gasteiger partial charge in [-0.15, -0.1) is 5.10 Å². The Hall–Kier alpha value is -2.66. The number of hydrogen-bond donors (Lipinski definition) is 1. The minimum Gasteiger partial charge on any atom is -0.494 e. The van der Waals surface area contributed by atoms with Crippen molar-refractivity contribution in [3.63, 3.8) is 0 Å². The Labute approximate surface area is 135 Å². The second kappa shape index (κ2) is 7.07. The molecule has 5 nitrogen and oxygen atoms in total. The van der Waals surface area contributed by atoms with E-state index in [9.17, 15) is 5.11 Å². The van der Waals surface area contributed by atoms with Crippen LogP contribution >= 0.6 is 0 Å². The molecule has 0 aliphatic carbocycles. The van der Waals surface area contributed by atoms with Crippen molar-refractivity contribution in [2.75, 3.05) is 6.61 Å². The van der Waals surface area contributed by atoms with Crippen molar-refractivity contribution in [2.24, 2.45) is 0 Å². The standard InChI is InChI=1S/C18H19N3O2/c1-2-23-16-10-8-15(9-11-16)21-18(17(13-22)19-20-21)12-14-6-4-3-5-7-14/h3-11,22H,2,12-13H2,1H3. The zero-order chi connectivity index (χ0) is 16.1. The maximum Gasteiger partial charge on any atom is 0.119 e. The summed E-state index contributed by atoms with van der Waals surface area (Å²) in [6.07, 6.45) is 0.664. The van der Waals surface area contributed by atoms with Crippen LogP contribution in [-0.2, 0) is 13.0 Å². The molecule has 0 aliphatic rings. The minimum absolute atomic E-state index is 0.126. The quantitative estimate of drug-likeness (QED) is 0.760. The summed E-state index contributed by atoms with van der Waals surface area (Å²) >= 11 is 0. The Balaban J connectivity index is 1.94. The molecule has 23 heavy (non-hydrogen) atoms. The van der Waals surface area contributed by atoms with Gasteiger partial charge in [-0.2, -0.15) is 0 Å². The van der Waals surface area contributed by atoms with Crippen molar-refractivity contribution in [2.45, 2.75) is 20.0 Å². The van der Waals surface area contributed by atoms with E-state index in [0.717, 1.165) is 22.7 Å². The molecular weight excluding hydrogens is 290 g/mol. The molecule has 1 aromatic heterocycles. The van der Waals surface area contributed by atoms with Gasteiger partial charge in [0.2, 0.25) is 0 Å². The molecule has 3 aromatic rings. The van der Waals surface area contributed by atoms with Gasteiger partial charge in [-0.25, -0.2) is 4.68 Å². The van der Waals surface area contributed by atoms with E-state index in [1.807, 2.05) is 49.4 Å². The number of nitrogens with zero attached hydrogens (tertiary/aromatic N) is 3. The molecule has 0 saturated heterocycles. The van der Waals surface area contributed by atoms with Crippen LogP contribution in [0.2, 0.25) is 0 Å². The van der Waals surface area contributed by atoms with Gasteiger partial charge in [0.25, 0.3) is 0 Å². The molecule has 0 fully saturated rings. The van der Waals surface area contributed by atoms with Crippen molar-refractivity contribution in [1.29, 1.82) is 0 Å². The lowest BCUT2D eigenvalue weighted by atomic mass is 10.1. The normalized spacial score (nSPS) is 10.7. The maximum absolute atomic E-state index is 9.53. The summed E-state index contributed by atoms with van der Waals surface area (Å²) < 4.78 is 7.24. The molecular formula is C18H19N3O2. The number of hydrogen-bond acceptors (Lipinski definition) is 4. The Bertz CT molecular complexity index is 752. The maximum atomic E-state index is 9.53. The van der Waals surface area contributed by atoms with Crippen molar-refractivity contribution < 1.29 is 9.84 Å². The summed E-state index contributed by atoms with van der Waals surface area (Å²) in [5.74, 6) is 0.823. The van der Waals surface area contributed by atoms with E-state index in [1.165, 1.54) is 0 Å². The second-order valence-electron chi connectivity index (χ2n) is 5.14. The third kappa shape index (κ3) is 3.40. The molecule has 0 atom stereocenters. The van der Waals surface area contributed by atoms with Gasteiger partial charge in [0.15, 0.2) is 0 Å². The molecule has 0 aliphatic heterocycles. The molecule has 3 rings (SSSR count). The van der Waals surface area contributed by atoms with E-state index in [4.69, 9.17) is 4.74 Å². The average molecular weight is 309 g/mol. The summed E-state index contributed by atoms with van der Waals surface area (Å²) in [6, 6.07) is 17.8. The van der Waals surface area contributed by atoms with E-state index in [2.05, 4.69) is 22.4 Å². The molecule has 1 heterocycles. The molecule has 118 valence electrons. The van der Waals surface area contributed by atoms with Gasteiger partial charge in [-0.1, -0.05) is 35.5 Å². The van der Waals surface area contributed by atoms with Crippen LogP contribution in [0, 0.1) is 0 Å². The number of aliphatic hydroxyl groups excluding tert-OH is 1. The first-order valence-corrected chi connectivity index (χ1v) is 7.63. The van der Waals surface area contributed by atoms with Crippen LogP contribution in [0.5, 0.6) is 5.75 Å². The van der Waals surface area contributed by atoms with Crippen LogP contribution in [-0.4, -0.2) is 26.7 Å². The molecule has 0 saturated carbocycles. The van der Waals surface area contributed by atoms with Gasteiger partial charge >= 0.3 is 0 Å². The Morgan fingerprint density at radius 1 is 1.04 bits per heavy atom. The third-order valence-electron chi connectivity index (χ3n) is 3.60. The monoisotopic (exact) mass is 309 g/mol. The topological polar surface area (TPSA) is 60.2 Å². The molecule has 1 N–H and O–H groups in total. The first-order chi connectivity index (χ1) is 11.3. The lowest BCUT2D eigenvalue weighted by molar-refractivity contribution is 0.275. The summed E-state index contributed by atoms with van der Waals surface area (Å²) in [5.41, 5.74) is 3.54. The fraction of sp³-hybridized carbons (Fsp3) is 0.222. The number of ether oxygens (including phenoxy) is 1. The molecule has 0 unspecified atom stereocenters. The molecule has 5 heteroatoms. The van der Waals surface area contributed by atoms with Crippen LogP contribution < -0.4 is 4.74 Å². The smallest absolute Gasteiger partial charge is 0.119 e. The van der Waals surface area contributed by atoms with Gasteiger partial charge in [-0.3, -0.25) is 0 Å². The zero-order valence-electron chi connectivity index (χ0n) is 13.0. The van der Waals surface area contributed by atoms with Crippen molar-refractivity contribution in [3.05, 3.63) is 71.5 Å². The van der Waals surface area contributed by atoms with Crippen LogP contribution in [0.15, 0.2) is 54.6 Å². The Kier molecular flexibility index (Phi) is 4.68. The van der Waals surface area contributed by atoms with Gasteiger partial charge in [0.05, 0.1) is 24.6 Å². The summed E-state index contributed by atoms with van der Waals surface area (Å²) in [5, 5.41) is 17.8.